The van der Waals surface area contributed by atoms with E-state index in [-0.39, 0.29) is 0 Å². The van der Waals surface area contributed by atoms with Crippen LogP contribution in [0.4, 0.5) is 0 Å². The van der Waals surface area contributed by atoms with Crippen LogP contribution < -0.4 is 0 Å². The molecule has 0 aromatic rings. The number of hydrogen-bond acceptors (Lipinski definition) is 1. The van der Waals surface area contributed by atoms with E-state index in [0.717, 1.165) is 24.3 Å². The molecule has 0 fully saturated rings. The van der Waals surface area contributed by atoms with Gasteiger partial charge in [0.1, 0.15) is 0 Å². The van der Waals surface area contributed by atoms with E-state index in [1.807, 2.05) is 0 Å². The Balaban J connectivity index is 2.86. The predicted octanol–water partition coefficient (Wildman–Crippen LogP) is 2.05. The monoisotopic (exact) mass is 180 g/mol. The Hall–Kier alpha value is 0.440. The molecule has 0 aliphatic carbocycles. The van der Waals surface area contributed by atoms with Crippen LogP contribution in [0.25, 0.3) is 0 Å². The summed E-state index contributed by atoms with van der Waals surface area (Å²) in [5, 5.41) is 1.08. The van der Waals surface area contributed by atoms with Crippen LogP contribution in [0.2, 0.25) is 0 Å². The molecule has 0 aliphatic heterocycles. The first-order chi connectivity index (χ1) is 3.81. The van der Waals surface area contributed by atoms with E-state index >= 15 is 0 Å². The first-order valence-electron chi connectivity index (χ1n) is 2.86. The molecule has 0 amide bonds. The molecule has 0 aliphatic rings. The fraction of sp³-hybridized carbons (Fsp3) is 1.00. The molecule has 0 heterocycles. The summed E-state index contributed by atoms with van der Waals surface area (Å²) < 4.78 is 4.89. The normalized spacial score (nSPS) is 13.9. The summed E-state index contributed by atoms with van der Waals surface area (Å²) in [6.45, 7) is 3.08. The van der Waals surface area contributed by atoms with Gasteiger partial charge in [0.05, 0.1) is 0 Å². The van der Waals surface area contributed by atoms with Gasteiger partial charge in [-0.05, 0) is 12.3 Å². The summed E-state index contributed by atoms with van der Waals surface area (Å²) >= 11 is 3.39. The summed E-state index contributed by atoms with van der Waals surface area (Å²) in [4.78, 5) is 0. The lowest BCUT2D eigenvalue weighted by Gasteiger charge is -2.03. The molecule has 0 rings (SSSR count). The van der Waals surface area contributed by atoms with E-state index in [4.69, 9.17) is 4.74 Å². The molecule has 0 spiro atoms. The molecule has 0 radical (unpaired) electrons. The lowest BCUT2D eigenvalue weighted by atomic mass is 10.1. The van der Waals surface area contributed by atoms with Gasteiger partial charge in [-0.3, -0.25) is 0 Å². The number of methoxy groups -OCH3 is 1. The van der Waals surface area contributed by atoms with Crippen LogP contribution in [0.3, 0.4) is 0 Å². The van der Waals surface area contributed by atoms with Gasteiger partial charge in [-0.15, -0.1) is 0 Å². The first-order valence-corrected chi connectivity index (χ1v) is 3.98. The molecule has 0 aromatic carbocycles. The van der Waals surface area contributed by atoms with Crippen LogP contribution in [0.5, 0.6) is 0 Å². The molecular formula is C6H13BrO. The Kier molecular flexibility index (Phi) is 5.88. The molecular weight excluding hydrogens is 168 g/mol. The number of alkyl halides is 1. The van der Waals surface area contributed by atoms with Gasteiger partial charge >= 0.3 is 0 Å². The first kappa shape index (κ1) is 8.44. The fourth-order valence-corrected chi connectivity index (χ4v) is 0.720. The minimum absolute atomic E-state index is 0.745. The summed E-state index contributed by atoms with van der Waals surface area (Å²) in [5.41, 5.74) is 0. The molecule has 8 heavy (non-hydrogen) atoms. The van der Waals surface area contributed by atoms with Crippen molar-refractivity contribution < 1.29 is 4.74 Å². The van der Waals surface area contributed by atoms with E-state index < -0.39 is 0 Å². The Morgan fingerprint density at radius 2 is 2.25 bits per heavy atom. The second-order valence-corrected chi connectivity index (χ2v) is 2.69. The predicted molar refractivity (Wildman–Crippen MR) is 39.5 cm³/mol. The van der Waals surface area contributed by atoms with Crippen molar-refractivity contribution in [3.8, 4) is 0 Å². The van der Waals surface area contributed by atoms with Crippen LogP contribution in [0, 0.1) is 5.92 Å². The summed E-state index contributed by atoms with van der Waals surface area (Å²) in [5.74, 6) is 0.745. The second kappa shape index (κ2) is 5.57. The molecule has 0 bridgehead atoms. The van der Waals surface area contributed by atoms with Gasteiger partial charge < -0.3 is 4.74 Å². The number of rotatable bonds is 4. The Morgan fingerprint density at radius 1 is 1.62 bits per heavy atom. The summed E-state index contributed by atoms with van der Waals surface area (Å²) in [6.07, 6.45) is 1.15. The highest BCUT2D eigenvalue weighted by molar-refractivity contribution is 9.09. The zero-order valence-corrected chi connectivity index (χ0v) is 7.07. The van der Waals surface area contributed by atoms with Gasteiger partial charge in [-0.1, -0.05) is 22.9 Å². The summed E-state index contributed by atoms with van der Waals surface area (Å²) in [6, 6.07) is 0. The molecule has 0 aromatic heterocycles. The van der Waals surface area contributed by atoms with Crippen molar-refractivity contribution >= 4 is 15.9 Å². The third-order valence-corrected chi connectivity index (χ3v) is 2.18. The average Bonchev–Trinajstić information content (AvgIpc) is 1.83. The highest BCUT2D eigenvalue weighted by Gasteiger charge is 1.96. The molecule has 0 N–H and O–H groups in total. The standard InChI is InChI=1S/C6H13BrO/c1-6(5-7)3-4-8-2/h6H,3-5H2,1-2H3. The van der Waals surface area contributed by atoms with Gasteiger partial charge in [-0.25, -0.2) is 0 Å². The smallest absolute Gasteiger partial charge is 0.0465 e. The highest BCUT2D eigenvalue weighted by Crippen LogP contribution is 2.04. The number of halogens is 1. The Bertz CT molecular complexity index is 47.8. The van der Waals surface area contributed by atoms with Gasteiger partial charge in [0.15, 0.2) is 0 Å². The maximum atomic E-state index is 4.89. The minimum Gasteiger partial charge on any atom is -0.385 e. The van der Waals surface area contributed by atoms with Crippen LogP contribution in [-0.2, 0) is 4.74 Å². The van der Waals surface area contributed by atoms with Crippen molar-refractivity contribution in [1.82, 2.24) is 0 Å². The highest BCUT2D eigenvalue weighted by atomic mass is 79.9. The number of ether oxygens (including phenoxy) is 1. The zero-order valence-electron chi connectivity index (χ0n) is 5.48. The maximum absolute atomic E-state index is 4.89. The SMILES string of the molecule is COCCC(C)CBr. The van der Waals surface area contributed by atoms with Crippen molar-refractivity contribution in [1.29, 1.82) is 0 Å². The van der Waals surface area contributed by atoms with Crippen LogP contribution >= 0.6 is 15.9 Å². The van der Waals surface area contributed by atoms with Gasteiger partial charge in [0.25, 0.3) is 0 Å². The van der Waals surface area contributed by atoms with Gasteiger partial charge in [-0.2, -0.15) is 0 Å². The largest absolute Gasteiger partial charge is 0.385 e. The third-order valence-electron chi connectivity index (χ3n) is 1.08. The van der Waals surface area contributed by atoms with Gasteiger partial charge in [0, 0.05) is 19.0 Å². The van der Waals surface area contributed by atoms with E-state index in [0.29, 0.717) is 0 Å². The second-order valence-electron chi connectivity index (χ2n) is 2.04. The van der Waals surface area contributed by atoms with Crippen LogP contribution in [0.15, 0.2) is 0 Å². The fourth-order valence-electron chi connectivity index (χ4n) is 0.396. The summed E-state index contributed by atoms with van der Waals surface area (Å²) in [7, 11) is 1.74. The quantitative estimate of drug-likeness (QED) is 0.603. The van der Waals surface area contributed by atoms with Gasteiger partial charge in [0.2, 0.25) is 0 Å². The molecule has 1 atom stereocenters. The molecule has 1 unspecified atom stereocenters. The molecule has 50 valence electrons. The Labute approximate surface area is 59.5 Å². The van der Waals surface area contributed by atoms with E-state index in [2.05, 4.69) is 22.9 Å². The van der Waals surface area contributed by atoms with Crippen molar-refractivity contribution in [2.24, 2.45) is 5.92 Å². The Morgan fingerprint density at radius 3 is 2.62 bits per heavy atom. The van der Waals surface area contributed by atoms with E-state index in [1.165, 1.54) is 0 Å². The van der Waals surface area contributed by atoms with Crippen molar-refractivity contribution in [2.75, 3.05) is 19.0 Å². The minimum atomic E-state index is 0.745. The maximum Gasteiger partial charge on any atom is 0.0465 e. The number of hydrogen-bond donors (Lipinski definition) is 0. The molecule has 1 nitrogen and oxygen atoms in total. The van der Waals surface area contributed by atoms with Crippen LogP contribution in [-0.4, -0.2) is 19.0 Å². The lowest BCUT2D eigenvalue weighted by Crippen LogP contribution is -1.99. The average molecular weight is 181 g/mol. The topological polar surface area (TPSA) is 9.23 Å². The molecule has 0 saturated heterocycles. The van der Waals surface area contributed by atoms with Crippen molar-refractivity contribution in [3.63, 3.8) is 0 Å². The van der Waals surface area contributed by atoms with Crippen molar-refractivity contribution in [2.45, 2.75) is 13.3 Å². The lowest BCUT2D eigenvalue weighted by molar-refractivity contribution is 0.184. The zero-order chi connectivity index (χ0) is 6.41. The van der Waals surface area contributed by atoms with Crippen LogP contribution in [0.1, 0.15) is 13.3 Å². The van der Waals surface area contributed by atoms with Crippen molar-refractivity contribution in [3.05, 3.63) is 0 Å². The van der Waals surface area contributed by atoms with E-state index in [9.17, 15) is 0 Å². The molecule has 0 saturated carbocycles. The van der Waals surface area contributed by atoms with E-state index in [1.54, 1.807) is 7.11 Å². The molecule has 2 heteroatoms. The third kappa shape index (κ3) is 4.60.